The lowest BCUT2D eigenvalue weighted by atomic mass is 10.0. The monoisotopic (exact) mass is 491 g/mol. The number of benzene rings is 2. The number of rotatable bonds is 7. The summed E-state index contributed by atoms with van der Waals surface area (Å²) >= 11 is 9.51. The summed E-state index contributed by atoms with van der Waals surface area (Å²) in [5.74, 6) is 0.0973. The fraction of sp³-hybridized carbons (Fsp3) is 0.391. The van der Waals surface area contributed by atoms with Gasteiger partial charge in [0.15, 0.2) is 0 Å². The molecule has 2 aromatic carbocycles. The Balaban J connectivity index is 1.39. The van der Waals surface area contributed by atoms with Crippen LogP contribution >= 0.6 is 27.5 Å². The van der Waals surface area contributed by atoms with Crippen LogP contribution in [0.3, 0.4) is 0 Å². The van der Waals surface area contributed by atoms with E-state index in [0.29, 0.717) is 32.5 Å². The molecule has 30 heavy (non-hydrogen) atoms. The molecule has 5 nitrogen and oxygen atoms in total. The molecule has 1 aliphatic heterocycles. The third kappa shape index (κ3) is 6.74. The van der Waals surface area contributed by atoms with E-state index in [4.69, 9.17) is 11.6 Å². The first kappa shape index (κ1) is 22.6. The van der Waals surface area contributed by atoms with Crippen LogP contribution in [-0.2, 0) is 16.1 Å². The molecule has 1 saturated heterocycles. The van der Waals surface area contributed by atoms with Gasteiger partial charge in [-0.2, -0.15) is 0 Å². The van der Waals surface area contributed by atoms with E-state index in [1.807, 2.05) is 60.4 Å². The lowest BCUT2D eigenvalue weighted by molar-refractivity contribution is -0.132. The summed E-state index contributed by atoms with van der Waals surface area (Å²) in [5, 5.41) is 3.66. The fourth-order valence-corrected chi connectivity index (χ4v) is 4.25. The second-order valence-corrected chi connectivity index (χ2v) is 9.12. The minimum Gasteiger partial charge on any atom is -0.368 e. The van der Waals surface area contributed by atoms with Gasteiger partial charge in [-0.1, -0.05) is 52.7 Å². The summed E-state index contributed by atoms with van der Waals surface area (Å²) in [6.45, 7) is 5.39. The molecule has 0 bridgehead atoms. The molecule has 0 aromatic heterocycles. The Kier molecular flexibility index (Phi) is 8.16. The van der Waals surface area contributed by atoms with Crippen LogP contribution in [0.1, 0.15) is 25.3 Å². The summed E-state index contributed by atoms with van der Waals surface area (Å²) in [4.78, 5) is 29.0. The zero-order valence-corrected chi connectivity index (χ0v) is 19.5. The molecule has 1 heterocycles. The van der Waals surface area contributed by atoms with Crippen molar-refractivity contribution >= 4 is 45.0 Å². The molecule has 0 saturated carbocycles. The molecular weight excluding hydrogens is 466 g/mol. The van der Waals surface area contributed by atoms with E-state index in [9.17, 15) is 9.59 Å². The standard InChI is InChI=1S/C23H27BrClN3O2/c1-17(12-22(29)26-16-18-4-2-5-19(24)14-18)13-23(30)28-10-8-27(9-11-28)21-7-3-6-20(25)15-21/h2-7,14-15,17H,8-13,16H2,1H3,(H,26,29). The maximum absolute atomic E-state index is 12.7. The minimum atomic E-state index is -0.0268. The predicted molar refractivity (Wildman–Crippen MR) is 125 cm³/mol. The highest BCUT2D eigenvalue weighted by Gasteiger charge is 2.23. The van der Waals surface area contributed by atoms with Crippen molar-refractivity contribution < 1.29 is 9.59 Å². The topological polar surface area (TPSA) is 52.7 Å². The first-order chi connectivity index (χ1) is 14.4. The Labute approximate surface area is 191 Å². The Morgan fingerprint density at radius 1 is 1.07 bits per heavy atom. The molecule has 1 fully saturated rings. The number of amides is 2. The van der Waals surface area contributed by atoms with Crippen molar-refractivity contribution in [2.24, 2.45) is 5.92 Å². The number of piperazine rings is 1. The maximum atomic E-state index is 12.7. The number of nitrogens with one attached hydrogen (secondary N) is 1. The number of hydrogen-bond acceptors (Lipinski definition) is 3. The molecule has 1 unspecified atom stereocenters. The molecule has 3 rings (SSSR count). The van der Waals surface area contributed by atoms with E-state index < -0.39 is 0 Å². The maximum Gasteiger partial charge on any atom is 0.222 e. The zero-order chi connectivity index (χ0) is 21.5. The Hall–Kier alpha value is -2.05. The van der Waals surface area contributed by atoms with Crippen LogP contribution in [0.25, 0.3) is 0 Å². The molecule has 2 aromatic rings. The third-order valence-corrected chi connectivity index (χ3v) is 5.97. The smallest absolute Gasteiger partial charge is 0.222 e. The van der Waals surface area contributed by atoms with Crippen LogP contribution in [-0.4, -0.2) is 42.9 Å². The number of halogens is 2. The van der Waals surface area contributed by atoms with Gasteiger partial charge < -0.3 is 15.1 Å². The molecule has 1 atom stereocenters. The summed E-state index contributed by atoms with van der Waals surface area (Å²) in [7, 11) is 0. The highest BCUT2D eigenvalue weighted by Crippen LogP contribution is 2.21. The van der Waals surface area contributed by atoms with E-state index in [1.54, 1.807) is 0 Å². The average Bonchev–Trinajstić information content (AvgIpc) is 2.72. The SMILES string of the molecule is CC(CC(=O)NCc1cccc(Br)c1)CC(=O)N1CCN(c2cccc(Cl)c2)CC1. The third-order valence-electron chi connectivity index (χ3n) is 5.24. The van der Waals surface area contributed by atoms with Gasteiger partial charge in [0.1, 0.15) is 0 Å². The van der Waals surface area contributed by atoms with Crippen molar-refractivity contribution in [3.8, 4) is 0 Å². The van der Waals surface area contributed by atoms with Crippen molar-refractivity contribution in [1.29, 1.82) is 0 Å². The summed E-state index contributed by atoms with van der Waals surface area (Å²) in [5.41, 5.74) is 2.13. The van der Waals surface area contributed by atoms with Gasteiger partial charge in [-0.3, -0.25) is 9.59 Å². The van der Waals surface area contributed by atoms with Crippen LogP contribution in [0.15, 0.2) is 53.0 Å². The van der Waals surface area contributed by atoms with Crippen molar-refractivity contribution in [3.63, 3.8) is 0 Å². The molecule has 7 heteroatoms. The summed E-state index contributed by atoms with van der Waals surface area (Å²) in [6, 6.07) is 15.6. The fourth-order valence-electron chi connectivity index (χ4n) is 3.62. The van der Waals surface area contributed by atoms with Gasteiger partial charge in [0.2, 0.25) is 11.8 Å². The second-order valence-electron chi connectivity index (χ2n) is 7.77. The quantitative estimate of drug-likeness (QED) is 0.620. The van der Waals surface area contributed by atoms with Crippen LogP contribution in [0.4, 0.5) is 5.69 Å². The number of nitrogens with zero attached hydrogens (tertiary/aromatic N) is 2. The van der Waals surface area contributed by atoms with E-state index in [2.05, 4.69) is 26.1 Å². The first-order valence-corrected chi connectivity index (χ1v) is 11.4. The van der Waals surface area contributed by atoms with Crippen LogP contribution in [0.5, 0.6) is 0 Å². The highest BCUT2D eigenvalue weighted by molar-refractivity contribution is 9.10. The molecule has 0 spiro atoms. The Morgan fingerprint density at radius 2 is 1.80 bits per heavy atom. The molecule has 1 N–H and O–H groups in total. The summed E-state index contributed by atoms with van der Waals surface area (Å²) < 4.78 is 0.990. The largest absolute Gasteiger partial charge is 0.368 e. The van der Waals surface area contributed by atoms with Gasteiger partial charge in [0.25, 0.3) is 0 Å². The second kappa shape index (κ2) is 10.8. The van der Waals surface area contributed by atoms with Crippen molar-refractivity contribution in [2.45, 2.75) is 26.3 Å². The van der Waals surface area contributed by atoms with Gasteiger partial charge in [0, 0.05) is 60.7 Å². The van der Waals surface area contributed by atoms with Gasteiger partial charge in [-0.05, 0) is 41.8 Å². The average molecular weight is 493 g/mol. The molecule has 0 aliphatic carbocycles. The lowest BCUT2D eigenvalue weighted by Gasteiger charge is -2.36. The van der Waals surface area contributed by atoms with Gasteiger partial charge in [-0.25, -0.2) is 0 Å². The molecule has 160 valence electrons. The number of carbonyl (C=O) groups excluding carboxylic acids is 2. The van der Waals surface area contributed by atoms with Gasteiger partial charge in [-0.15, -0.1) is 0 Å². The molecule has 0 radical (unpaired) electrons. The molecule has 2 amide bonds. The van der Waals surface area contributed by atoms with E-state index in [0.717, 1.165) is 33.8 Å². The molecular formula is C23H27BrClN3O2. The normalized spacial score (nSPS) is 15.0. The van der Waals surface area contributed by atoms with Crippen molar-refractivity contribution in [2.75, 3.05) is 31.1 Å². The van der Waals surface area contributed by atoms with Gasteiger partial charge >= 0.3 is 0 Å². The zero-order valence-electron chi connectivity index (χ0n) is 17.1. The highest BCUT2D eigenvalue weighted by atomic mass is 79.9. The summed E-state index contributed by atoms with van der Waals surface area (Å²) in [6.07, 6.45) is 0.740. The Bertz CT molecular complexity index is 884. The van der Waals surface area contributed by atoms with E-state index in [1.165, 1.54) is 0 Å². The van der Waals surface area contributed by atoms with Gasteiger partial charge in [0.05, 0.1) is 0 Å². The van der Waals surface area contributed by atoms with Crippen molar-refractivity contribution in [3.05, 3.63) is 63.6 Å². The predicted octanol–water partition coefficient (Wildman–Crippen LogP) is 4.48. The number of carbonyl (C=O) groups is 2. The van der Waals surface area contributed by atoms with E-state index in [-0.39, 0.29) is 17.7 Å². The molecule has 1 aliphatic rings. The lowest BCUT2D eigenvalue weighted by Crippen LogP contribution is -2.49. The number of anilines is 1. The van der Waals surface area contributed by atoms with Crippen LogP contribution < -0.4 is 10.2 Å². The van der Waals surface area contributed by atoms with Crippen molar-refractivity contribution in [1.82, 2.24) is 10.2 Å². The first-order valence-electron chi connectivity index (χ1n) is 10.2. The van der Waals surface area contributed by atoms with E-state index >= 15 is 0 Å². The minimum absolute atomic E-state index is 0.00553. The van der Waals surface area contributed by atoms with Crippen LogP contribution in [0.2, 0.25) is 5.02 Å². The number of hydrogen-bond donors (Lipinski definition) is 1. The Morgan fingerprint density at radius 3 is 2.50 bits per heavy atom. The van der Waals surface area contributed by atoms with Crippen LogP contribution in [0, 0.1) is 5.92 Å².